The number of rotatable bonds is 5. The standard InChI is InChI=1S/C22H23FN4O2.C2H6/c1-14-7-9-15(10-8-14)16-11-12-19(18(23)13-16)25-20(28)21-26-27-22(29-21)24-17-5-3-2-4-6-17;1-2/h2-6,11-15H,7-10H2,1H3,(H,24,27)(H,25,28);1-2H3. The lowest BCUT2D eigenvalue weighted by Crippen LogP contribution is -2.14. The maximum absolute atomic E-state index is 14.6. The Bertz CT molecular complexity index is 982. The van der Waals surface area contributed by atoms with Crippen LogP contribution in [0.5, 0.6) is 0 Å². The minimum absolute atomic E-state index is 0.0868. The number of halogens is 1. The molecule has 1 amide bonds. The zero-order valence-corrected chi connectivity index (χ0v) is 18.2. The third kappa shape index (κ3) is 5.90. The average Bonchev–Trinajstić information content (AvgIpc) is 3.26. The van der Waals surface area contributed by atoms with E-state index in [1.54, 1.807) is 6.07 Å². The lowest BCUT2D eigenvalue weighted by atomic mass is 9.79. The van der Waals surface area contributed by atoms with E-state index in [2.05, 4.69) is 27.8 Å². The van der Waals surface area contributed by atoms with E-state index in [0.29, 0.717) is 5.92 Å². The first-order chi connectivity index (χ1) is 15.1. The summed E-state index contributed by atoms with van der Waals surface area (Å²) in [4.78, 5) is 12.4. The normalized spacial score (nSPS) is 17.9. The molecule has 0 bridgehead atoms. The molecule has 1 aliphatic carbocycles. The van der Waals surface area contributed by atoms with E-state index in [4.69, 9.17) is 4.42 Å². The molecule has 0 radical (unpaired) electrons. The van der Waals surface area contributed by atoms with Crippen LogP contribution in [0.1, 0.15) is 68.6 Å². The molecule has 3 aromatic rings. The van der Waals surface area contributed by atoms with Gasteiger partial charge in [0.1, 0.15) is 5.82 Å². The average molecular weight is 425 g/mol. The SMILES string of the molecule is CC.CC1CCC(c2ccc(NC(=O)c3nnc(Nc4ccccc4)o3)c(F)c2)CC1. The van der Waals surface area contributed by atoms with Crippen LogP contribution in [0.2, 0.25) is 0 Å². The van der Waals surface area contributed by atoms with Crippen molar-refractivity contribution < 1.29 is 13.6 Å². The predicted octanol–water partition coefficient (Wildman–Crippen LogP) is 6.52. The Balaban J connectivity index is 0.00000132. The van der Waals surface area contributed by atoms with Crippen molar-refractivity contribution in [2.24, 2.45) is 5.92 Å². The van der Waals surface area contributed by atoms with Gasteiger partial charge in [-0.3, -0.25) is 4.79 Å². The molecule has 0 unspecified atom stereocenters. The van der Waals surface area contributed by atoms with E-state index in [9.17, 15) is 9.18 Å². The Morgan fingerprint density at radius 1 is 1.03 bits per heavy atom. The zero-order chi connectivity index (χ0) is 22.2. The third-order valence-corrected chi connectivity index (χ3v) is 5.37. The Kier molecular flexibility index (Phi) is 7.76. The second kappa shape index (κ2) is 10.7. The summed E-state index contributed by atoms with van der Waals surface area (Å²) in [6.45, 7) is 6.26. The van der Waals surface area contributed by atoms with Crippen LogP contribution in [0, 0.1) is 11.7 Å². The lowest BCUT2D eigenvalue weighted by molar-refractivity contribution is 0.0990. The van der Waals surface area contributed by atoms with E-state index < -0.39 is 11.7 Å². The molecular weight excluding hydrogens is 395 g/mol. The fourth-order valence-corrected chi connectivity index (χ4v) is 3.67. The summed E-state index contributed by atoms with van der Waals surface area (Å²) in [5.74, 6) is -0.236. The summed E-state index contributed by atoms with van der Waals surface area (Å²) in [6, 6.07) is 14.3. The number of para-hydroxylation sites is 1. The van der Waals surface area contributed by atoms with Gasteiger partial charge in [-0.2, -0.15) is 0 Å². The van der Waals surface area contributed by atoms with Crippen LogP contribution >= 0.6 is 0 Å². The number of aromatic nitrogens is 2. The summed E-state index contributed by atoms with van der Waals surface area (Å²) in [5, 5.41) is 12.9. The number of carbonyl (C=O) groups excluding carboxylic acids is 1. The molecule has 7 heteroatoms. The van der Waals surface area contributed by atoms with Gasteiger partial charge in [0, 0.05) is 5.69 Å². The molecule has 4 rings (SSSR count). The summed E-state index contributed by atoms with van der Waals surface area (Å²) >= 11 is 0. The Hall–Kier alpha value is -3.22. The van der Waals surface area contributed by atoms with Crippen molar-refractivity contribution in [2.75, 3.05) is 10.6 Å². The zero-order valence-electron chi connectivity index (χ0n) is 18.2. The van der Waals surface area contributed by atoms with Crippen LogP contribution in [0.15, 0.2) is 52.9 Å². The molecule has 0 atom stereocenters. The van der Waals surface area contributed by atoms with Crippen LogP contribution in [-0.2, 0) is 0 Å². The monoisotopic (exact) mass is 424 g/mol. The lowest BCUT2D eigenvalue weighted by Gasteiger charge is -2.26. The van der Waals surface area contributed by atoms with Gasteiger partial charge in [-0.25, -0.2) is 4.39 Å². The first-order valence-electron chi connectivity index (χ1n) is 10.8. The minimum Gasteiger partial charge on any atom is -0.399 e. The smallest absolute Gasteiger partial charge is 0.320 e. The molecule has 164 valence electrons. The fourth-order valence-electron chi connectivity index (χ4n) is 3.67. The number of hydrogen-bond acceptors (Lipinski definition) is 5. The number of benzene rings is 2. The summed E-state index contributed by atoms with van der Waals surface area (Å²) in [6.07, 6.45) is 4.49. The Labute approximate surface area is 182 Å². The quantitative estimate of drug-likeness (QED) is 0.487. The largest absolute Gasteiger partial charge is 0.399 e. The van der Waals surface area contributed by atoms with Gasteiger partial charge in [-0.15, -0.1) is 5.10 Å². The highest BCUT2D eigenvalue weighted by Crippen LogP contribution is 2.36. The van der Waals surface area contributed by atoms with Gasteiger partial charge in [0.15, 0.2) is 0 Å². The second-order valence-corrected chi connectivity index (χ2v) is 7.55. The van der Waals surface area contributed by atoms with Gasteiger partial charge in [0.2, 0.25) is 0 Å². The van der Waals surface area contributed by atoms with Crippen molar-refractivity contribution in [3.05, 3.63) is 65.8 Å². The molecule has 1 fully saturated rings. The molecule has 1 aliphatic rings. The minimum atomic E-state index is -0.656. The number of anilines is 3. The van der Waals surface area contributed by atoms with Gasteiger partial charge >= 0.3 is 17.8 Å². The maximum atomic E-state index is 14.6. The highest BCUT2D eigenvalue weighted by molar-refractivity contribution is 6.01. The first-order valence-corrected chi connectivity index (χ1v) is 10.8. The second-order valence-electron chi connectivity index (χ2n) is 7.55. The Morgan fingerprint density at radius 3 is 2.42 bits per heavy atom. The van der Waals surface area contributed by atoms with Crippen molar-refractivity contribution in [3.63, 3.8) is 0 Å². The molecule has 6 nitrogen and oxygen atoms in total. The number of hydrogen-bond donors (Lipinski definition) is 2. The number of carbonyl (C=O) groups is 1. The van der Waals surface area contributed by atoms with Gasteiger partial charge in [0.05, 0.1) is 5.69 Å². The van der Waals surface area contributed by atoms with Crippen molar-refractivity contribution in [2.45, 2.75) is 52.4 Å². The Morgan fingerprint density at radius 2 is 1.74 bits per heavy atom. The fraction of sp³-hybridized carbons (Fsp3) is 0.375. The van der Waals surface area contributed by atoms with E-state index in [1.165, 1.54) is 18.9 Å². The molecule has 1 saturated carbocycles. The van der Waals surface area contributed by atoms with Crippen molar-refractivity contribution in [3.8, 4) is 0 Å². The van der Waals surface area contributed by atoms with Crippen LogP contribution in [-0.4, -0.2) is 16.1 Å². The molecular formula is C24H29FN4O2. The van der Waals surface area contributed by atoms with E-state index in [0.717, 1.165) is 30.0 Å². The highest BCUT2D eigenvalue weighted by Gasteiger charge is 2.22. The molecule has 2 aromatic carbocycles. The van der Waals surface area contributed by atoms with Gasteiger partial charge < -0.3 is 15.1 Å². The molecule has 1 aromatic heterocycles. The molecule has 0 spiro atoms. The van der Waals surface area contributed by atoms with Crippen LogP contribution in [0.4, 0.5) is 21.8 Å². The molecule has 0 saturated heterocycles. The molecule has 0 aliphatic heterocycles. The molecule has 1 heterocycles. The number of nitrogens with one attached hydrogen (secondary N) is 2. The van der Waals surface area contributed by atoms with E-state index in [-0.39, 0.29) is 17.6 Å². The van der Waals surface area contributed by atoms with Crippen molar-refractivity contribution in [1.82, 2.24) is 10.2 Å². The summed E-state index contributed by atoms with van der Waals surface area (Å²) in [5.41, 5.74) is 1.83. The van der Waals surface area contributed by atoms with E-state index >= 15 is 0 Å². The van der Waals surface area contributed by atoms with Crippen LogP contribution in [0.25, 0.3) is 0 Å². The van der Waals surface area contributed by atoms with Gasteiger partial charge in [0.25, 0.3) is 0 Å². The highest BCUT2D eigenvalue weighted by atomic mass is 19.1. The predicted molar refractivity (Wildman–Crippen MR) is 120 cm³/mol. The van der Waals surface area contributed by atoms with Crippen LogP contribution in [0.3, 0.4) is 0 Å². The molecule has 2 N–H and O–H groups in total. The first kappa shape index (κ1) is 22.5. The van der Waals surface area contributed by atoms with Gasteiger partial charge in [-0.05, 0) is 54.5 Å². The molecule has 31 heavy (non-hydrogen) atoms. The van der Waals surface area contributed by atoms with Crippen molar-refractivity contribution >= 4 is 23.3 Å². The maximum Gasteiger partial charge on any atom is 0.320 e. The third-order valence-electron chi connectivity index (χ3n) is 5.37. The van der Waals surface area contributed by atoms with Crippen molar-refractivity contribution in [1.29, 1.82) is 0 Å². The van der Waals surface area contributed by atoms with Gasteiger partial charge in [-0.1, -0.05) is 63.0 Å². The summed E-state index contributed by atoms with van der Waals surface area (Å²) in [7, 11) is 0. The summed E-state index contributed by atoms with van der Waals surface area (Å²) < 4.78 is 19.9. The number of amides is 1. The number of nitrogens with zero attached hydrogens (tertiary/aromatic N) is 2. The topological polar surface area (TPSA) is 80.0 Å². The van der Waals surface area contributed by atoms with E-state index in [1.807, 2.05) is 50.2 Å². The van der Waals surface area contributed by atoms with Crippen LogP contribution < -0.4 is 10.6 Å².